The molecule has 0 fully saturated rings. The Morgan fingerprint density at radius 2 is 2.10 bits per heavy atom. The second kappa shape index (κ2) is 8.09. The number of hydrogen-bond acceptors (Lipinski definition) is 5. The van der Waals surface area contributed by atoms with Gasteiger partial charge in [0.2, 0.25) is 5.91 Å². The first-order valence-corrected chi connectivity index (χ1v) is 7.01. The molecule has 3 N–H and O–H groups in total. The molecule has 1 unspecified atom stereocenters. The molecule has 1 aromatic carbocycles. The summed E-state index contributed by atoms with van der Waals surface area (Å²) in [5.41, 5.74) is 7.45. The zero-order valence-electron chi connectivity index (χ0n) is 11.8. The molecule has 0 bridgehead atoms. The lowest BCUT2D eigenvalue weighted by molar-refractivity contribution is -0.118. The SMILES string of the molecule is COCC(N)C(=O)Nc1sc(C)nc1-c1ccccc1.Cl. The topological polar surface area (TPSA) is 77.2 Å². The maximum Gasteiger partial charge on any atom is 0.244 e. The average molecular weight is 328 g/mol. The summed E-state index contributed by atoms with van der Waals surface area (Å²) in [6.07, 6.45) is 0. The summed E-state index contributed by atoms with van der Waals surface area (Å²) in [5.74, 6) is -0.271. The van der Waals surface area contributed by atoms with Gasteiger partial charge in [-0.15, -0.1) is 23.7 Å². The van der Waals surface area contributed by atoms with Gasteiger partial charge in [0.25, 0.3) is 0 Å². The second-order valence-electron chi connectivity index (χ2n) is 4.33. The molecule has 0 saturated heterocycles. The number of carbonyl (C=O) groups is 1. The van der Waals surface area contributed by atoms with Crippen LogP contribution in [0.25, 0.3) is 11.3 Å². The van der Waals surface area contributed by atoms with Crippen LogP contribution in [0.15, 0.2) is 30.3 Å². The van der Waals surface area contributed by atoms with Crippen molar-refractivity contribution in [1.29, 1.82) is 0 Å². The highest BCUT2D eigenvalue weighted by molar-refractivity contribution is 7.16. The maximum atomic E-state index is 12.0. The van der Waals surface area contributed by atoms with Crippen molar-refractivity contribution in [1.82, 2.24) is 4.98 Å². The molecule has 2 aromatic rings. The van der Waals surface area contributed by atoms with E-state index in [2.05, 4.69) is 10.3 Å². The number of amides is 1. The van der Waals surface area contributed by atoms with Crippen LogP contribution in [0.4, 0.5) is 5.00 Å². The summed E-state index contributed by atoms with van der Waals surface area (Å²) in [6, 6.07) is 9.04. The number of thiazole rings is 1. The van der Waals surface area contributed by atoms with Gasteiger partial charge < -0.3 is 15.8 Å². The molecule has 0 saturated carbocycles. The van der Waals surface area contributed by atoms with Gasteiger partial charge in [0.15, 0.2) is 0 Å². The van der Waals surface area contributed by atoms with Crippen LogP contribution in [0, 0.1) is 6.92 Å². The van der Waals surface area contributed by atoms with Crippen molar-refractivity contribution in [2.45, 2.75) is 13.0 Å². The number of nitrogens with zero attached hydrogens (tertiary/aromatic N) is 1. The Labute approximate surface area is 133 Å². The number of aromatic nitrogens is 1. The maximum absolute atomic E-state index is 12.0. The lowest BCUT2D eigenvalue weighted by atomic mass is 10.1. The summed E-state index contributed by atoms with van der Waals surface area (Å²) in [5, 5.41) is 4.43. The minimum absolute atomic E-state index is 0. The van der Waals surface area contributed by atoms with Crippen molar-refractivity contribution in [2.75, 3.05) is 19.0 Å². The van der Waals surface area contributed by atoms with Gasteiger partial charge in [-0.1, -0.05) is 30.3 Å². The molecule has 2 rings (SSSR count). The van der Waals surface area contributed by atoms with Gasteiger partial charge in [0, 0.05) is 12.7 Å². The number of hydrogen-bond donors (Lipinski definition) is 2. The van der Waals surface area contributed by atoms with Crippen molar-refractivity contribution in [3.63, 3.8) is 0 Å². The number of carbonyl (C=O) groups excluding carboxylic acids is 1. The quantitative estimate of drug-likeness (QED) is 0.884. The molecular formula is C14H18ClN3O2S. The Hall–Kier alpha value is -1.47. The van der Waals surface area contributed by atoms with E-state index in [1.54, 1.807) is 0 Å². The number of ether oxygens (including phenoxy) is 1. The highest BCUT2D eigenvalue weighted by Crippen LogP contribution is 2.32. The van der Waals surface area contributed by atoms with Crippen LogP contribution in [0.5, 0.6) is 0 Å². The minimum Gasteiger partial charge on any atom is -0.383 e. The number of anilines is 1. The number of nitrogens with two attached hydrogens (primary N) is 1. The highest BCUT2D eigenvalue weighted by Gasteiger charge is 2.18. The molecule has 1 atom stereocenters. The van der Waals surface area contributed by atoms with Gasteiger partial charge in [0.1, 0.15) is 16.7 Å². The lowest BCUT2D eigenvalue weighted by Gasteiger charge is -2.10. The zero-order chi connectivity index (χ0) is 14.5. The number of nitrogens with one attached hydrogen (secondary N) is 1. The van der Waals surface area contributed by atoms with Gasteiger partial charge in [0.05, 0.1) is 11.6 Å². The van der Waals surface area contributed by atoms with E-state index in [4.69, 9.17) is 10.5 Å². The van der Waals surface area contributed by atoms with Crippen molar-refractivity contribution in [3.8, 4) is 11.3 Å². The third-order valence-electron chi connectivity index (χ3n) is 2.70. The van der Waals surface area contributed by atoms with E-state index >= 15 is 0 Å². The van der Waals surface area contributed by atoms with Crippen molar-refractivity contribution in [2.24, 2.45) is 5.73 Å². The molecule has 1 amide bonds. The predicted octanol–water partition coefficient (Wildman–Crippen LogP) is 2.45. The molecule has 21 heavy (non-hydrogen) atoms. The van der Waals surface area contributed by atoms with E-state index in [1.807, 2.05) is 37.3 Å². The van der Waals surface area contributed by atoms with E-state index in [1.165, 1.54) is 18.4 Å². The summed E-state index contributed by atoms with van der Waals surface area (Å²) >= 11 is 1.43. The minimum atomic E-state index is -0.689. The third-order valence-corrected chi connectivity index (χ3v) is 3.59. The van der Waals surface area contributed by atoms with Gasteiger partial charge in [-0.2, -0.15) is 0 Å². The normalized spacial score (nSPS) is 11.6. The molecule has 114 valence electrons. The first-order chi connectivity index (χ1) is 9.61. The van der Waals surface area contributed by atoms with Crippen LogP contribution in [-0.4, -0.2) is 30.6 Å². The fraction of sp³-hybridized carbons (Fsp3) is 0.286. The smallest absolute Gasteiger partial charge is 0.244 e. The summed E-state index contributed by atoms with van der Waals surface area (Å²) in [6.45, 7) is 2.09. The Morgan fingerprint density at radius 1 is 1.43 bits per heavy atom. The Morgan fingerprint density at radius 3 is 2.71 bits per heavy atom. The van der Waals surface area contributed by atoms with E-state index in [0.29, 0.717) is 5.00 Å². The van der Waals surface area contributed by atoms with E-state index in [0.717, 1.165) is 16.3 Å². The Kier molecular flexibility index (Phi) is 6.77. The third kappa shape index (κ3) is 4.50. The molecule has 0 aliphatic carbocycles. The Balaban J connectivity index is 0.00000220. The fourth-order valence-corrected chi connectivity index (χ4v) is 2.61. The van der Waals surface area contributed by atoms with Gasteiger partial charge >= 0.3 is 0 Å². The molecule has 5 nitrogen and oxygen atoms in total. The molecule has 1 heterocycles. The highest BCUT2D eigenvalue weighted by atomic mass is 35.5. The molecule has 0 aliphatic rings. The van der Waals surface area contributed by atoms with E-state index in [9.17, 15) is 4.79 Å². The first kappa shape index (κ1) is 17.6. The molecule has 0 spiro atoms. The average Bonchev–Trinajstić information content (AvgIpc) is 2.81. The summed E-state index contributed by atoms with van der Waals surface area (Å²) < 4.78 is 4.88. The molecule has 7 heteroatoms. The van der Waals surface area contributed by atoms with Gasteiger partial charge in [-0.25, -0.2) is 4.98 Å². The second-order valence-corrected chi connectivity index (χ2v) is 5.53. The van der Waals surface area contributed by atoms with Crippen molar-refractivity contribution in [3.05, 3.63) is 35.3 Å². The largest absolute Gasteiger partial charge is 0.383 e. The van der Waals surface area contributed by atoms with Crippen LogP contribution in [0.3, 0.4) is 0 Å². The number of benzene rings is 1. The van der Waals surface area contributed by atoms with Crippen LogP contribution in [0.1, 0.15) is 5.01 Å². The first-order valence-electron chi connectivity index (χ1n) is 6.20. The fourth-order valence-electron chi connectivity index (χ4n) is 1.76. The monoisotopic (exact) mass is 327 g/mol. The number of halogens is 1. The van der Waals surface area contributed by atoms with Gasteiger partial charge in [-0.3, -0.25) is 4.79 Å². The molecular weight excluding hydrogens is 310 g/mol. The number of aryl methyl sites for hydroxylation is 1. The molecule has 1 aromatic heterocycles. The summed E-state index contributed by atoms with van der Waals surface area (Å²) in [4.78, 5) is 16.4. The lowest BCUT2D eigenvalue weighted by Crippen LogP contribution is -2.39. The number of rotatable bonds is 5. The Bertz CT molecular complexity index is 589. The van der Waals surface area contributed by atoms with Gasteiger partial charge in [-0.05, 0) is 6.92 Å². The van der Waals surface area contributed by atoms with Crippen LogP contribution in [0.2, 0.25) is 0 Å². The summed E-state index contributed by atoms with van der Waals surface area (Å²) in [7, 11) is 1.51. The molecule has 0 radical (unpaired) electrons. The van der Waals surface area contributed by atoms with E-state index in [-0.39, 0.29) is 24.9 Å². The van der Waals surface area contributed by atoms with Crippen molar-refractivity contribution >= 4 is 34.7 Å². The zero-order valence-corrected chi connectivity index (χ0v) is 13.5. The van der Waals surface area contributed by atoms with Crippen LogP contribution >= 0.6 is 23.7 Å². The van der Waals surface area contributed by atoms with Crippen molar-refractivity contribution < 1.29 is 9.53 Å². The standard InChI is InChI=1S/C14H17N3O2S.ClH/c1-9-16-12(10-6-4-3-5-7-10)14(20-9)17-13(18)11(15)8-19-2;/h3-7,11H,8,15H2,1-2H3,(H,17,18);1H. The predicted molar refractivity (Wildman–Crippen MR) is 88.0 cm³/mol. The van der Waals surface area contributed by atoms with E-state index < -0.39 is 6.04 Å². The molecule has 0 aliphatic heterocycles. The van der Waals surface area contributed by atoms with Crippen LogP contribution in [-0.2, 0) is 9.53 Å². The van der Waals surface area contributed by atoms with Crippen LogP contribution < -0.4 is 11.1 Å². The number of methoxy groups -OCH3 is 1.